The fourth-order valence-corrected chi connectivity index (χ4v) is 2.10. The Hall–Kier alpha value is -1.42. The molecule has 0 fully saturated rings. The Morgan fingerprint density at radius 3 is 2.71 bits per heavy atom. The molecule has 3 nitrogen and oxygen atoms in total. The van der Waals surface area contributed by atoms with E-state index in [9.17, 15) is 0 Å². The number of rotatable bonds is 2. The number of thiophene rings is 1. The van der Waals surface area contributed by atoms with Gasteiger partial charge in [-0.3, -0.25) is 0 Å². The van der Waals surface area contributed by atoms with Gasteiger partial charge in [0.05, 0.1) is 12.4 Å². The van der Waals surface area contributed by atoms with Gasteiger partial charge in [-0.25, -0.2) is 0 Å². The molecule has 0 aliphatic heterocycles. The van der Waals surface area contributed by atoms with E-state index in [-0.39, 0.29) is 0 Å². The summed E-state index contributed by atoms with van der Waals surface area (Å²) in [5.74, 6) is 0. The first-order valence-corrected chi connectivity index (χ1v) is 5.33. The summed E-state index contributed by atoms with van der Waals surface area (Å²) in [5, 5.41) is 12.4. The van der Waals surface area contributed by atoms with Crippen molar-refractivity contribution in [3.63, 3.8) is 0 Å². The molecule has 0 aromatic carbocycles. The van der Waals surface area contributed by atoms with Crippen LogP contribution in [-0.4, -0.2) is 15.0 Å². The molecule has 2 heterocycles. The number of hydrogen-bond donors (Lipinski definition) is 0. The number of hydrogen-bond acceptors (Lipinski definition) is 3. The van der Waals surface area contributed by atoms with Gasteiger partial charge in [0.15, 0.2) is 0 Å². The molecule has 0 aliphatic rings. The number of allylic oxidation sites excluding steroid dienone is 2. The second-order valence-corrected chi connectivity index (χ2v) is 3.70. The van der Waals surface area contributed by atoms with Crippen molar-refractivity contribution in [2.45, 2.75) is 13.8 Å². The molecule has 0 saturated heterocycles. The van der Waals surface area contributed by atoms with E-state index >= 15 is 0 Å². The lowest BCUT2D eigenvalue weighted by molar-refractivity contribution is 0.753. The summed E-state index contributed by atoms with van der Waals surface area (Å²) in [6.45, 7) is 4.13. The van der Waals surface area contributed by atoms with Gasteiger partial charge in [-0.15, -0.1) is 11.3 Å². The first-order valence-electron chi connectivity index (χ1n) is 4.39. The van der Waals surface area contributed by atoms with Crippen molar-refractivity contribution in [3.05, 3.63) is 34.8 Å². The lowest BCUT2D eigenvalue weighted by Crippen LogP contribution is -1.99. The number of aromatic nitrogens is 3. The predicted octanol–water partition coefficient (Wildman–Crippen LogP) is 2.75. The minimum absolute atomic E-state index is 1.05. The zero-order chi connectivity index (χ0) is 9.97. The summed E-state index contributed by atoms with van der Waals surface area (Å²) in [4.78, 5) is 1.65. The average Bonchev–Trinajstić information content (AvgIpc) is 2.85. The van der Waals surface area contributed by atoms with Crippen LogP contribution in [0.15, 0.2) is 29.2 Å². The Bertz CT molecular complexity index is 440. The van der Waals surface area contributed by atoms with Crippen molar-refractivity contribution in [3.8, 4) is 5.69 Å². The molecule has 0 radical (unpaired) electrons. The molecule has 0 unspecified atom stereocenters. The Balaban J connectivity index is 2.50. The molecule has 4 heteroatoms. The summed E-state index contributed by atoms with van der Waals surface area (Å²) < 4.78 is 0. The van der Waals surface area contributed by atoms with E-state index in [1.807, 2.05) is 6.92 Å². The Labute approximate surface area is 86.7 Å². The fraction of sp³-hybridized carbons (Fsp3) is 0.200. The Kier molecular flexibility index (Phi) is 2.45. The van der Waals surface area contributed by atoms with E-state index in [1.165, 1.54) is 11.1 Å². The molecule has 0 atom stereocenters. The zero-order valence-corrected chi connectivity index (χ0v) is 8.95. The first kappa shape index (κ1) is 9.15. The normalized spacial score (nSPS) is 12.0. The maximum absolute atomic E-state index is 4.12. The minimum Gasteiger partial charge on any atom is -0.157 e. The van der Waals surface area contributed by atoms with Crippen LogP contribution in [0.5, 0.6) is 0 Å². The maximum atomic E-state index is 4.12. The van der Waals surface area contributed by atoms with Gasteiger partial charge in [0, 0.05) is 16.3 Å². The molecule has 0 amide bonds. The highest BCUT2D eigenvalue weighted by Gasteiger charge is 2.07. The van der Waals surface area contributed by atoms with E-state index in [0.717, 1.165) is 5.69 Å². The highest BCUT2D eigenvalue weighted by molar-refractivity contribution is 7.08. The van der Waals surface area contributed by atoms with Gasteiger partial charge in [-0.2, -0.15) is 15.0 Å². The van der Waals surface area contributed by atoms with E-state index in [4.69, 9.17) is 0 Å². The van der Waals surface area contributed by atoms with Gasteiger partial charge < -0.3 is 0 Å². The van der Waals surface area contributed by atoms with Crippen molar-refractivity contribution < 1.29 is 0 Å². The van der Waals surface area contributed by atoms with E-state index in [2.05, 4.69) is 34.0 Å². The average molecular weight is 205 g/mol. The summed E-state index contributed by atoms with van der Waals surface area (Å²) in [6.07, 6.45) is 5.47. The molecule has 2 rings (SSSR count). The molecule has 0 bridgehead atoms. The van der Waals surface area contributed by atoms with Gasteiger partial charge >= 0.3 is 0 Å². The van der Waals surface area contributed by atoms with Gasteiger partial charge in [0.25, 0.3) is 0 Å². The third-order valence-electron chi connectivity index (χ3n) is 2.13. The molecule has 0 aliphatic carbocycles. The summed E-state index contributed by atoms with van der Waals surface area (Å²) in [7, 11) is 0. The van der Waals surface area contributed by atoms with Crippen LogP contribution in [0, 0.1) is 0 Å². The lowest BCUT2D eigenvalue weighted by atomic mass is 10.1. The molecule has 0 saturated carbocycles. The SMILES string of the molecule is CC=C(C)c1cscc1-n1nccn1. The van der Waals surface area contributed by atoms with Crippen molar-refractivity contribution in [1.82, 2.24) is 15.0 Å². The van der Waals surface area contributed by atoms with E-state index in [1.54, 1.807) is 28.5 Å². The van der Waals surface area contributed by atoms with Gasteiger partial charge in [-0.1, -0.05) is 6.08 Å². The van der Waals surface area contributed by atoms with Gasteiger partial charge in [0.2, 0.25) is 0 Å². The summed E-state index contributed by atoms with van der Waals surface area (Å²) in [6, 6.07) is 0. The topological polar surface area (TPSA) is 30.7 Å². The minimum atomic E-state index is 1.05. The van der Waals surface area contributed by atoms with Crippen LogP contribution in [0.4, 0.5) is 0 Å². The summed E-state index contributed by atoms with van der Waals surface area (Å²) >= 11 is 1.67. The third kappa shape index (κ3) is 1.48. The van der Waals surface area contributed by atoms with Crippen LogP contribution >= 0.6 is 11.3 Å². The molecule has 0 N–H and O–H groups in total. The Morgan fingerprint density at radius 1 is 1.36 bits per heavy atom. The van der Waals surface area contributed by atoms with Crippen LogP contribution in [0.3, 0.4) is 0 Å². The van der Waals surface area contributed by atoms with Crippen LogP contribution in [0.1, 0.15) is 19.4 Å². The smallest absolute Gasteiger partial charge is 0.104 e. The van der Waals surface area contributed by atoms with Gasteiger partial charge in [-0.05, 0) is 19.4 Å². The monoisotopic (exact) mass is 205 g/mol. The van der Waals surface area contributed by atoms with Crippen molar-refractivity contribution in [1.29, 1.82) is 0 Å². The molecule has 2 aromatic rings. The van der Waals surface area contributed by atoms with Gasteiger partial charge in [0.1, 0.15) is 5.69 Å². The van der Waals surface area contributed by atoms with Crippen LogP contribution in [-0.2, 0) is 0 Å². The molecule has 14 heavy (non-hydrogen) atoms. The van der Waals surface area contributed by atoms with Crippen LogP contribution < -0.4 is 0 Å². The first-order chi connectivity index (χ1) is 6.83. The molecular weight excluding hydrogens is 194 g/mol. The summed E-state index contributed by atoms with van der Waals surface area (Å²) in [5.41, 5.74) is 3.50. The van der Waals surface area contributed by atoms with Crippen molar-refractivity contribution >= 4 is 16.9 Å². The Morgan fingerprint density at radius 2 is 2.07 bits per heavy atom. The van der Waals surface area contributed by atoms with Crippen molar-refractivity contribution in [2.24, 2.45) is 0 Å². The maximum Gasteiger partial charge on any atom is 0.104 e. The molecule has 2 aromatic heterocycles. The highest BCUT2D eigenvalue weighted by Crippen LogP contribution is 2.25. The lowest BCUT2D eigenvalue weighted by Gasteiger charge is -2.01. The standard InChI is InChI=1S/C10H11N3S/c1-3-8(2)9-6-14-7-10(9)13-11-4-5-12-13/h3-7H,1-2H3. The molecule has 0 spiro atoms. The quantitative estimate of drug-likeness (QED) is 0.754. The zero-order valence-electron chi connectivity index (χ0n) is 8.14. The van der Waals surface area contributed by atoms with E-state index < -0.39 is 0 Å². The molecular formula is C10H11N3S. The van der Waals surface area contributed by atoms with Crippen LogP contribution in [0.25, 0.3) is 11.3 Å². The molecule has 72 valence electrons. The third-order valence-corrected chi connectivity index (χ3v) is 2.86. The highest BCUT2D eigenvalue weighted by atomic mass is 32.1. The predicted molar refractivity (Wildman–Crippen MR) is 58.6 cm³/mol. The second-order valence-electron chi connectivity index (χ2n) is 2.96. The van der Waals surface area contributed by atoms with Crippen molar-refractivity contribution in [2.75, 3.05) is 0 Å². The van der Waals surface area contributed by atoms with E-state index in [0.29, 0.717) is 0 Å². The second kappa shape index (κ2) is 3.75. The largest absolute Gasteiger partial charge is 0.157 e. The fourth-order valence-electron chi connectivity index (χ4n) is 1.24. The number of nitrogens with zero attached hydrogens (tertiary/aromatic N) is 3. The van der Waals surface area contributed by atoms with Crippen LogP contribution in [0.2, 0.25) is 0 Å².